The summed E-state index contributed by atoms with van der Waals surface area (Å²) in [4.78, 5) is 18.4. The highest BCUT2D eigenvalue weighted by atomic mass is 79.9. The molecule has 0 saturated carbocycles. The smallest absolute Gasteiger partial charge is 0.246 e. The van der Waals surface area contributed by atoms with Crippen LogP contribution in [-0.4, -0.2) is 30.5 Å². The van der Waals surface area contributed by atoms with Crippen molar-refractivity contribution < 1.29 is 4.79 Å². The molecule has 0 unspecified atom stereocenters. The maximum atomic E-state index is 12.7. The van der Waals surface area contributed by atoms with Gasteiger partial charge in [-0.15, -0.1) is 11.3 Å². The van der Waals surface area contributed by atoms with Crippen molar-refractivity contribution in [2.45, 2.75) is 20.0 Å². The van der Waals surface area contributed by atoms with Gasteiger partial charge in [-0.3, -0.25) is 9.48 Å². The fraction of sp³-hybridized carbons (Fsp3) is 0.130. The molecule has 0 aliphatic carbocycles. The number of fused-ring (bicyclic) bond motifs is 1. The Morgan fingerprint density at radius 2 is 2.03 bits per heavy atom. The van der Waals surface area contributed by atoms with Crippen LogP contribution in [-0.2, 0) is 17.9 Å². The van der Waals surface area contributed by atoms with Crippen molar-refractivity contribution in [1.82, 2.24) is 24.5 Å². The fourth-order valence-electron chi connectivity index (χ4n) is 3.66. The number of carbonyl (C=O) groups excluding carboxylic acids is 1. The number of hydrogen-bond donors (Lipinski definition) is 1. The summed E-state index contributed by atoms with van der Waals surface area (Å²) in [5.74, 6) is -0.180. The number of pyridine rings is 1. The molecule has 5 aromatic rings. The van der Waals surface area contributed by atoms with Gasteiger partial charge in [0.25, 0.3) is 0 Å². The van der Waals surface area contributed by atoms with E-state index in [1.165, 1.54) is 0 Å². The maximum Gasteiger partial charge on any atom is 0.246 e. The quantitative estimate of drug-likeness (QED) is 0.346. The average Bonchev–Trinajstić information content (AvgIpc) is 3.52. The van der Waals surface area contributed by atoms with E-state index in [-0.39, 0.29) is 12.5 Å². The van der Waals surface area contributed by atoms with Gasteiger partial charge in [-0.2, -0.15) is 10.2 Å². The molecule has 160 valence electrons. The van der Waals surface area contributed by atoms with Crippen LogP contribution in [0.15, 0.2) is 70.9 Å². The van der Waals surface area contributed by atoms with E-state index in [1.807, 2.05) is 54.9 Å². The number of halogens is 1. The van der Waals surface area contributed by atoms with Gasteiger partial charge in [0.2, 0.25) is 5.91 Å². The number of hydrogen-bond acceptors (Lipinski definition) is 5. The summed E-state index contributed by atoms with van der Waals surface area (Å²) >= 11 is 5.11. The number of aromatic nitrogens is 5. The Labute approximate surface area is 196 Å². The fourth-order valence-corrected chi connectivity index (χ4v) is 4.68. The summed E-state index contributed by atoms with van der Waals surface area (Å²) in [6.07, 6.45) is 5.23. The number of nitrogens with one attached hydrogen (secondary N) is 1. The van der Waals surface area contributed by atoms with E-state index in [2.05, 4.69) is 42.5 Å². The maximum absolute atomic E-state index is 12.7. The first-order valence-electron chi connectivity index (χ1n) is 9.99. The number of aryl methyl sites for hydroxylation is 1. The highest BCUT2D eigenvalue weighted by molar-refractivity contribution is 9.10. The lowest BCUT2D eigenvalue weighted by Crippen LogP contribution is -2.19. The molecule has 4 aromatic heterocycles. The van der Waals surface area contributed by atoms with Crippen LogP contribution in [0.4, 0.5) is 5.69 Å². The lowest BCUT2D eigenvalue weighted by Gasteiger charge is -2.05. The molecule has 0 fully saturated rings. The van der Waals surface area contributed by atoms with Crippen LogP contribution in [0.2, 0.25) is 0 Å². The molecule has 0 radical (unpaired) electrons. The van der Waals surface area contributed by atoms with E-state index in [9.17, 15) is 4.79 Å². The van der Waals surface area contributed by atoms with Crippen molar-refractivity contribution in [3.63, 3.8) is 0 Å². The minimum absolute atomic E-state index is 0.0725. The number of amides is 1. The molecule has 4 heterocycles. The molecule has 0 saturated heterocycles. The van der Waals surface area contributed by atoms with Gasteiger partial charge in [0.1, 0.15) is 6.54 Å². The van der Waals surface area contributed by atoms with Crippen molar-refractivity contribution in [2.24, 2.45) is 0 Å². The van der Waals surface area contributed by atoms with Crippen LogP contribution in [0.3, 0.4) is 0 Å². The van der Waals surface area contributed by atoms with Gasteiger partial charge < -0.3 is 5.32 Å². The summed E-state index contributed by atoms with van der Waals surface area (Å²) in [6, 6.07) is 14.2. The second-order valence-corrected chi connectivity index (χ2v) is 9.24. The Morgan fingerprint density at radius 3 is 2.81 bits per heavy atom. The van der Waals surface area contributed by atoms with Crippen molar-refractivity contribution >= 4 is 49.9 Å². The largest absolute Gasteiger partial charge is 0.322 e. The Hall–Kier alpha value is -3.30. The third-order valence-corrected chi connectivity index (χ3v) is 6.49. The topological polar surface area (TPSA) is 77.6 Å². The van der Waals surface area contributed by atoms with Gasteiger partial charge in [-0.1, -0.05) is 34.1 Å². The summed E-state index contributed by atoms with van der Waals surface area (Å²) < 4.78 is 4.48. The first-order chi connectivity index (χ1) is 15.6. The molecule has 5 rings (SSSR count). The lowest BCUT2D eigenvalue weighted by atomic mass is 10.1. The Morgan fingerprint density at radius 1 is 1.19 bits per heavy atom. The molecule has 0 aliphatic heterocycles. The second-order valence-electron chi connectivity index (χ2n) is 7.38. The third-order valence-electron chi connectivity index (χ3n) is 5.06. The SMILES string of the molecule is Cc1nn(CC(=O)Nc2cnn(Cc3ccc(Br)cc3)c2)c2nccc(-c3cccs3)c12. The van der Waals surface area contributed by atoms with Gasteiger partial charge in [0, 0.05) is 27.3 Å². The summed E-state index contributed by atoms with van der Waals surface area (Å²) in [7, 11) is 0. The number of benzene rings is 1. The summed E-state index contributed by atoms with van der Waals surface area (Å²) in [5.41, 5.74) is 4.41. The van der Waals surface area contributed by atoms with E-state index in [0.29, 0.717) is 17.9 Å². The normalized spacial score (nSPS) is 11.2. The number of anilines is 1. The standard InChI is InChI=1S/C23H19BrN6OS/c1-15-22-19(20-3-2-10-32-20)8-9-25-23(22)30(28-15)14-21(31)27-18-11-26-29(13-18)12-16-4-6-17(24)7-5-16/h2-11,13H,12,14H2,1H3,(H,27,31). The van der Waals surface area contributed by atoms with Crippen LogP contribution in [0.25, 0.3) is 21.5 Å². The van der Waals surface area contributed by atoms with Crippen molar-refractivity contribution in [3.8, 4) is 10.4 Å². The zero-order valence-corrected chi connectivity index (χ0v) is 19.6. The second kappa shape index (κ2) is 8.68. The first kappa shape index (κ1) is 20.6. The number of carbonyl (C=O) groups is 1. The predicted octanol–water partition coefficient (Wildman–Crippen LogP) is 5.11. The molecule has 9 heteroatoms. The number of rotatable bonds is 6. The molecule has 0 aliphatic rings. The van der Waals surface area contributed by atoms with E-state index < -0.39 is 0 Å². The average molecular weight is 507 g/mol. The van der Waals surface area contributed by atoms with Gasteiger partial charge >= 0.3 is 0 Å². The molecule has 0 spiro atoms. The molecular weight excluding hydrogens is 488 g/mol. The number of nitrogens with zero attached hydrogens (tertiary/aromatic N) is 5. The summed E-state index contributed by atoms with van der Waals surface area (Å²) in [6.45, 7) is 2.65. The minimum atomic E-state index is -0.180. The van der Waals surface area contributed by atoms with E-state index >= 15 is 0 Å². The van der Waals surface area contributed by atoms with Gasteiger partial charge in [-0.25, -0.2) is 9.67 Å². The predicted molar refractivity (Wildman–Crippen MR) is 130 cm³/mol. The highest BCUT2D eigenvalue weighted by Gasteiger charge is 2.16. The van der Waals surface area contributed by atoms with Crippen LogP contribution < -0.4 is 5.32 Å². The van der Waals surface area contributed by atoms with Crippen LogP contribution in [0.5, 0.6) is 0 Å². The lowest BCUT2D eigenvalue weighted by molar-refractivity contribution is -0.116. The van der Waals surface area contributed by atoms with Crippen LogP contribution in [0, 0.1) is 6.92 Å². The first-order valence-corrected chi connectivity index (χ1v) is 11.7. The van der Waals surface area contributed by atoms with E-state index in [1.54, 1.807) is 33.1 Å². The monoisotopic (exact) mass is 506 g/mol. The van der Waals surface area contributed by atoms with E-state index in [4.69, 9.17) is 0 Å². The Kier molecular flexibility index (Phi) is 5.59. The van der Waals surface area contributed by atoms with Crippen molar-refractivity contribution in [3.05, 3.63) is 82.2 Å². The molecule has 1 aromatic carbocycles. The molecule has 0 atom stereocenters. The Balaban J connectivity index is 1.31. The zero-order valence-electron chi connectivity index (χ0n) is 17.2. The Bertz CT molecular complexity index is 1390. The molecule has 0 bridgehead atoms. The van der Waals surface area contributed by atoms with E-state index in [0.717, 1.165) is 31.6 Å². The highest BCUT2D eigenvalue weighted by Crippen LogP contribution is 2.32. The molecule has 1 N–H and O–H groups in total. The van der Waals surface area contributed by atoms with Crippen molar-refractivity contribution in [1.29, 1.82) is 0 Å². The molecule has 1 amide bonds. The van der Waals surface area contributed by atoms with Crippen LogP contribution in [0.1, 0.15) is 11.3 Å². The van der Waals surface area contributed by atoms with Crippen LogP contribution >= 0.6 is 27.3 Å². The van der Waals surface area contributed by atoms with Gasteiger partial charge in [0.05, 0.1) is 29.5 Å². The molecule has 7 nitrogen and oxygen atoms in total. The zero-order chi connectivity index (χ0) is 22.1. The third kappa shape index (κ3) is 4.21. The molecule has 32 heavy (non-hydrogen) atoms. The van der Waals surface area contributed by atoms with Gasteiger partial charge in [0.15, 0.2) is 5.65 Å². The molecular formula is C23H19BrN6OS. The minimum Gasteiger partial charge on any atom is -0.322 e. The number of thiophene rings is 1. The van der Waals surface area contributed by atoms with Crippen molar-refractivity contribution in [2.75, 3.05) is 5.32 Å². The van der Waals surface area contributed by atoms with Gasteiger partial charge in [-0.05, 0) is 42.1 Å². The summed E-state index contributed by atoms with van der Waals surface area (Å²) in [5, 5.41) is 14.9.